The first-order valence-corrected chi connectivity index (χ1v) is 7.08. The summed E-state index contributed by atoms with van der Waals surface area (Å²) in [6.45, 7) is 2.54. The predicted octanol–water partition coefficient (Wildman–Crippen LogP) is 3.54. The molecule has 1 unspecified atom stereocenters. The maximum absolute atomic E-state index is 13.3. The molecule has 3 nitrogen and oxygen atoms in total. The SMILES string of the molecule is CCOc1cccc(C(NN)c2ccc(F)c(Br)c2)c1. The van der Waals surface area contributed by atoms with Gasteiger partial charge >= 0.3 is 0 Å². The van der Waals surface area contributed by atoms with E-state index in [2.05, 4.69) is 21.4 Å². The number of rotatable bonds is 5. The number of halogens is 2. The predicted molar refractivity (Wildman–Crippen MR) is 80.9 cm³/mol. The Kier molecular flexibility index (Phi) is 5.11. The van der Waals surface area contributed by atoms with Crippen molar-refractivity contribution in [3.8, 4) is 5.75 Å². The molecule has 0 aliphatic rings. The van der Waals surface area contributed by atoms with Crippen LogP contribution in [0.2, 0.25) is 0 Å². The first-order chi connectivity index (χ1) is 9.65. The Morgan fingerprint density at radius 3 is 2.65 bits per heavy atom. The number of hydrazine groups is 1. The van der Waals surface area contributed by atoms with Crippen molar-refractivity contribution in [2.45, 2.75) is 13.0 Å². The van der Waals surface area contributed by atoms with Gasteiger partial charge < -0.3 is 4.74 Å². The lowest BCUT2D eigenvalue weighted by Gasteiger charge is -2.18. The van der Waals surface area contributed by atoms with Crippen LogP contribution in [-0.4, -0.2) is 6.61 Å². The van der Waals surface area contributed by atoms with E-state index in [1.165, 1.54) is 6.07 Å². The first-order valence-electron chi connectivity index (χ1n) is 6.29. The highest BCUT2D eigenvalue weighted by atomic mass is 79.9. The smallest absolute Gasteiger partial charge is 0.137 e. The topological polar surface area (TPSA) is 47.3 Å². The van der Waals surface area contributed by atoms with Crippen LogP contribution in [0.25, 0.3) is 0 Å². The van der Waals surface area contributed by atoms with Crippen molar-refractivity contribution in [1.29, 1.82) is 0 Å². The minimum atomic E-state index is -0.299. The van der Waals surface area contributed by atoms with Crippen molar-refractivity contribution in [2.24, 2.45) is 5.84 Å². The van der Waals surface area contributed by atoms with Gasteiger partial charge in [0.1, 0.15) is 11.6 Å². The summed E-state index contributed by atoms with van der Waals surface area (Å²) in [5, 5.41) is 0. The van der Waals surface area contributed by atoms with Gasteiger partial charge in [0.25, 0.3) is 0 Å². The molecule has 0 saturated carbocycles. The zero-order chi connectivity index (χ0) is 14.5. The van der Waals surface area contributed by atoms with E-state index < -0.39 is 0 Å². The van der Waals surface area contributed by atoms with Crippen LogP contribution < -0.4 is 16.0 Å². The van der Waals surface area contributed by atoms with Crippen molar-refractivity contribution in [3.05, 3.63) is 63.9 Å². The molecule has 0 bridgehead atoms. The number of nitrogens with two attached hydrogens (primary N) is 1. The molecule has 0 saturated heterocycles. The molecular formula is C15H16BrFN2O. The minimum Gasteiger partial charge on any atom is -0.494 e. The van der Waals surface area contributed by atoms with E-state index in [0.717, 1.165) is 16.9 Å². The fourth-order valence-electron chi connectivity index (χ4n) is 2.03. The van der Waals surface area contributed by atoms with Crippen LogP contribution in [0.15, 0.2) is 46.9 Å². The van der Waals surface area contributed by atoms with Gasteiger partial charge in [0, 0.05) is 0 Å². The zero-order valence-corrected chi connectivity index (χ0v) is 12.7. The van der Waals surface area contributed by atoms with Crippen LogP contribution >= 0.6 is 15.9 Å². The van der Waals surface area contributed by atoms with E-state index in [9.17, 15) is 4.39 Å². The first kappa shape index (κ1) is 15.0. The molecule has 2 aromatic carbocycles. The number of nitrogens with one attached hydrogen (secondary N) is 1. The Bertz CT molecular complexity index is 592. The third-order valence-corrected chi connectivity index (χ3v) is 3.55. The lowest BCUT2D eigenvalue weighted by molar-refractivity contribution is 0.339. The van der Waals surface area contributed by atoms with E-state index in [-0.39, 0.29) is 11.9 Å². The third kappa shape index (κ3) is 3.36. The summed E-state index contributed by atoms with van der Waals surface area (Å²) in [5.41, 5.74) is 4.58. The van der Waals surface area contributed by atoms with Crippen LogP contribution in [0.3, 0.4) is 0 Å². The molecule has 0 radical (unpaired) electrons. The second kappa shape index (κ2) is 6.83. The van der Waals surface area contributed by atoms with E-state index >= 15 is 0 Å². The fourth-order valence-corrected chi connectivity index (χ4v) is 2.42. The quantitative estimate of drug-likeness (QED) is 0.647. The Balaban J connectivity index is 2.36. The molecule has 2 rings (SSSR count). The maximum Gasteiger partial charge on any atom is 0.137 e. The maximum atomic E-state index is 13.3. The Morgan fingerprint density at radius 1 is 1.25 bits per heavy atom. The van der Waals surface area contributed by atoms with Crippen molar-refractivity contribution >= 4 is 15.9 Å². The second-order valence-electron chi connectivity index (χ2n) is 4.28. The normalized spacial score (nSPS) is 12.2. The summed E-state index contributed by atoms with van der Waals surface area (Å²) < 4.78 is 19.2. The van der Waals surface area contributed by atoms with Gasteiger partial charge in [0.2, 0.25) is 0 Å². The molecule has 0 aromatic heterocycles. The largest absolute Gasteiger partial charge is 0.494 e. The van der Waals surface area contributed by atoms with E-state index in [4.69, 9.17) is 10.6 Å². The van der Waals surface area contributed by atoms with Gasteiger partial charge in [-0.25, -0.2) is 9.82 Å². The molecule has 0 aliphatic carbocycles. The van der Waals surface area contributed by atoms with Crippen LogP contribution in [-0.2, 0) is 0 Å². The molecule has 20 heavy (non-hydrogen) atoms. The van der Waals surface area contributed by atoms with E-state index in [0.29, 0.717) is 11.1 Å². The van der Waals surface area contributed by atoms with Crippen LogP contribution in [0, 0.1) is 5.82 Å². The number of ether oxygens (including phenoxy) is 1. The molecule has 1 atom stereocenters. The lowest BCUT2D eigenvalue weighted by atomic mass is 9.99. The van der Waals surface area contributed by atoms with Gasteiger partial charge in [0.05, 0.1) is 17.1 Å². The zero-order valence-electron chi connectivity index (χ0n) is 11.1. The van der Waals surface area contributed by atoms with Crippen LogP contribution in [0.4, 0.5) is 4.39 Å². The minimum absolute atomic E-state index is 0.229. The standard InChI is InChI=1S/C15H16BrFN2O/c1-2-20-12-5-3-4-10(8-12)15(19-18)11-6-7-14(17)13(16)9-11/h3-9,15,19H,2,18H2,1H3. The average Bonchev–Trinajstić information content (AvgIpc) is 2.44. The molecule has 0 aliphatic heterocycles. The van der Waals surface area contributed by atoms with Gasteiger partial charge in [-0.1, -0.05) is 18.2 Å². The molecule has 3 N–H and O–H groups in total. The van der Waals surface area contributed by atoms with E-state index in [1.54, 1.807) is 12.1 Å². The van der Waals surface area contributed by atoms with Crippen LogP contribution in [0.5, 0.6) is 5.75 Å². The summed E-state index contributed by atoms with van der Waals surface area (Å²) in [6, 6.07) is 12.3. The lowest BCUT2D eigenvalue weighted by Crippen LogP contribution is -2.28. The molecule has 0 heterocycles. The molecule has 2 aromatic rings. The Labute approximate surface area is 126 Å². The summed E-state index contributed by atoms with van der Waals surface area (Å²) in [6.07, 6.45) is 0. The highest BCUT2D eigenvalue weighted by Gasteiger charge is 2.14. The number of hydrogen-bond acceptors (Lipinski definition) is 3. The van der Waals surface area contributed by atoms with Gasteiger partial charge in [-0.2, -0.15) is 0 Å². The fraction of sp³-hybridized carbons (Fsp3) is 0.200. The van der Waals surface area contributed by atoms with Gasteiger partial charge in [-0.3, -0.25) is 5.84 Å². The van der Waals surface area contributed by atoms with Gasteiger partial charge in [-0.15, -0.1) is 0 Å². The van der Waals surface area contributed by atoms with Crippen LogP contribution in [0.1, 0.15) is 24.1 Å². The van der Waals surface area contributed by atoms with Crippen molar-refractivity contribution < 1.29 is 9.13 Å². The summed E-state index contributed by atoms with van der Waals surface area (Å²) in [7, 11) is 0. The van der Waals surface area contributed by atoms with Gasteiger partial charge in [-0.05, 0) is 58.2 Å². The molecular weight excluding hydrogens is 323 g/mol. The van der Waals surface area contributed by atoms with Crippen molar-refractivity contribution in [3.63, 3.8) is 0 Å². The molecule has 0 fully saturated rings. The summed E-state index contributed by atoms with van der Waals surface area (Å²) >= 11 is 3.19. The average molecular weight is 339 g/mol. The Morgan fingerprint density at radius 2 is 2.00 bits per heavy atom. The molecule has 5 heteroatoms. The second-order valence-corrected chi connectivity index (χ2v) is 5.13. The third-order valence-electron chi connectivity index (χ3n) is 2.95. The number of hydrogen-bond donors (Lipinski definition) is 2. The van der Waals surface area contributed by atoms with Crippen molar-refractivity contribution in [1.82, 2.24) is 5.43 Å². The Hall–Kier alpha value is -1.43. The van der Waals surface area contributed by atoms with Crippen molar-refractivity contribution in [2.75, 3.05) is 6.61 Å². The highest BCUT2D eigenvalue weighted by Crippen LogP contribution is 2.27. The molecule has 0 amide bonds. The van der Waals surface area contributed by atoms with E-state index in [1.807, 2.05) is 31.2 Å². The monoisotopic (exact) mass is 338 g/mol. The van der Waals surface area contributed by atoms with Gasteiger partial charge in [0.15, 0.2) is 0 Å². The summed E-state index contributed by atoms with van der Waals surface area (Å²) in [4.78, 5) is 0. The molecule has 106 valence electrons. The summed E-state index contributed by atoms with van der Waals surface area (Å²) in [5.74, 6) is 6.13. The number of benzene rings is 2. The highest BCUT2D eigenvalue weighted by molar-refractivity contribution is 9.10. The molecule has 0 spiro atoms.